The van der Waals surface area contributed by atoms with Crippen LogP contribution < -0.4 is 4.74 Å². The van der Waals surface area contributed by atoms with Crippen molar-refractivity contribution in [2.45, 2.75) is 12.0 Å². The maximum atomic E-state index is 9.94. The maximum absolute atomic E-state index is 9.94. The molecule has 4 nitrogen and oxygen atoms in total. The Morgan fingerprint density at radius 1 is 1.62 bits per heavy atom. The van der Waals surface area contributed by atoms with Crippen molar-refractivity contribution in [2.75, 3.05) is 13.2 Å². The molecule has 0 radical (unpaired) electrons. The van der Waals surface area contributed by atoms with Crippen LogP contribution in [-0.2, 0) is 5.60 Å². The quantitative estimate of drug-likeness (QED) is 0.642. The summed E-state index contributed by atoms with van der Waals surface area (Å²) in [4.78, 5) is 4.01. The van der Waals surface area contributed by atoms with Crippen molar-refractivity contribution in [1.29, 1.82) is 0 Å². The number of rotatable bonds is 1. The number of aliphatic hydroxyl groups is 2. The summed E-state index contributed by atoms with van der Waals surface area (Å²) in [6.45, 7) is 0.0934. The smallest absolute Gasteiger partial charge is 0.143 e. The minimum absolute atomic E-state index is 0.319. The molecule has 1 aromatic rings. The Hall–Kier alpha value is -1.13. The van der Waals surface area contributed by atoms with E-state index >= 15 is 0 Å². The highest BCUT2D eigenvalue weighted by Gasteiger charge is 2.36. The van der Waals surface area contributed by atoms with Crippen LogP contribution in [0.25, 0.3) is 0 Å². The van der Waals surface area contributed by atoms with Crippen LogP contribution in [0.15, 0.2) is 18.3 Å². The van der Waals surface area contributed by atoms with Crippen molar-refractivity contribution in [3.63, 3.8) is 0 Å². The monoisotopic (exact) mass is 181 g/mol. The van der Waals surface area contributed by atoms with Gasteiger partial charge >= 0.3 is 0 Å². The second kappa shape index (κ2) is 2.97. The van der Waals surface area contributed by atoms with Crippen molar-refractivity contribution >= 4 is 0 Å². The molecule has 1 aromatic heterocycles. The van der Waals surface area contributed by atoms with Gasteiger partial charge in [0.15, 0.2) is 0 Å². The molecule has 0 unspecified atom stereocenters. The van der Waals surface area contributed by atoms with Crippen molar-refractivity contribution in [3.05, 3.63) is 24.0 Å². The zero-order valence-corrected chi connectivity index (χ0v) is 7.10. The van der Waals surface area contributed by atoms with Crippen molar-refractivity contribution in [2.24, 2.45) is 0 Å². The third-order valence-electron chi connectivity index (χ3n) is 2.25. The number of ether oxygens (including phenoxy) is 1. The lowest BCUT2D eigenvalue weighted by atomic mass is 9.94. The van der Waals surface area contributed by atoms with Crippen molar-refractivity contribution in [3.8, 4) is 5.75 Å². The lowest BCUT2D eigenvalue weighted by Gasteiger charge is -2.31. The highest BCUT2D eigenvalue weighted by Crippen LogP contribution is 2.34. The van der Waals surface area contributed by atoms with Gasteiger partial charge in [-0.3, -0.25) is 4.98 Å². The van der Waals surface area contributed by atoms with E-state index in [0.29, 0.717) is 24.5 Å². The Kier molecular flexibility index (Phi) is 1.94. The Morgan fingerprint density at radius 2 is 2.46 bits per heavy atom. The molecular weight excluding hydrogens is 170 g/mol. The summed E-state index contributed by atoms with van der Waals surface area (Å²) in [6.07, 6.45) is 1.96. The molecule has 0 saturated carbocycles. The van der Waals surface area contributed by atoms with E-state index in [1.165, 1.54) is 0 Å². The number of hydrogen-bond acceptors (Lipinski definition) is 4. The van der Waals surface area contributed by atoms with Gasteiger partial charge in [-0.15, -0.1) is 0 Å². The number of pyridine rings is 1. The van der Waals surface area contributed by atoms with E-state index in [-0.39, 0.29) is 6.61 Å². The molecule has 1 aliphatic heterocycles. The topological polar surface area (TPSA) is 62.6 Å². The lowest BCUT2D eigenvalue weighted by Crippen LogP contribution is -2.37. The second-order valence-corrected chi connectivity index (χ2v) is 3.14. The van der Waals surface area contributed by atoms with E-state index < -0.39 is 5.60 Å². The van der Waals surface area contributed by atoms with Crippen molar-refractivity contribution in [1.82, 2.24) is 4.98 Å². The van der Waals surface area contributed by atoms with Crippen LogP contribution in [0.1, 0.15) is 12.1 Å². The highest BCUT2D eigenvalue weighted by atomic mass is 16.5. The molecule has 0 aliphatic carbocycles. The number of fused-ring (bicyclic) bond motifs is 1. The summed E-state index contributed by atoms with van der Waals surface area (Å²) in [5.74, 6) is 0.560. The fourth-order valence-corrected chi connectivity index (χ4v) is 1.46. The second-order valence-electron chi connectivity index (χ2n) is 3.14. The number of aromatic nitrogens is 1. The van der Waals surface area contributed by atoms with Gasteiger partial charge in [0.25, 0.3) is 0 Å². The molecule has 0 spiro atoms. The Balaban J connectivity index is 2.48. The van der Waals surface area contributed by atoms with Gasteiger partial charge in [0.2, 0.25) is 0 Å². The van der Waals surface area contributed by atoms with Crippen LogP contribution in [0.3, 0.4) is 0 Å². The molecule has 0 amide bonds. The molecule has 2 heterocycles. The Labute approximate surface area is 75.8 Å². The standard InChI is InChI=1S/C9H11NO3/c11-6-9(12)3-5-13-7-2-1-4-10-8(7)9/h1-2,4,11-12H,3,5-6H2/t9-/m1/s1. The third-order valence-corrected chi connectivity index (χ3v) is 2.25. The van der Waals surface area contributed by atoms with E-state index in [2.05, 4.69) is 4.98 Å². The minimum Gasteiger partial charge on any atom is -0.491 e. The Bertz CT molecular complexity index is 315. The first kappa shape index (κ1) is 8.47. The summed E-state index contributed by atoms with van der Waals surface area (Å²) in [5, 5.41) is 19.0. The largest absolute Gasteiger partial charge is 0.491 e. The minimum atomic E-state index is -1.23. The van der Waals surface area contributed by atoms with E-state index in [1.807, 2.05) is 0 Å². The van der Waals surface area contributed by atoms with E-state index in [0.717, 1.165) is 0 Å². The third kappa shape index (κ3) is 1.28. The predicted molar refractivity (Wildman–Crippen MR) is 45.3 cm³/mol. The molecule has 2 rings (SSSR count). The highest BCUT2D eigenvalue weighted by molar-refractivity contribution is 5.33. The van der Waals surface area contributed by atoms with Crippen molar-refractivity contribution < 1.29 is 14.9 Å². The fraction of sp³-hybridized carbons (Fsp3) is 0.444. The first-order chi connectivity index (χ1) is 6.26. The van der Waals surface area contributed by atoms with Gasteiger partial charge in [0.05, 0.1) is 13.2 Å². The number of hydrogen-bond donors (Lipinski definition) is 2. The molecular formula is C9H11NO3. The van der Waals surface area contributed by atoms with E-state index in [9.17, 15) is 5.11 Å². The molecule has 0 aromatic carbocycles. The maximum Gasteiger partial charge on any atom is 0.143 e. The van der Waals surface area contributed by atoms with E-state index in [4.69, 9.17) is 9.84 Å². The van der Waals surface area contributed by atoms with Gasteiger partial charge < -0.3 is 14.9 Å². The Morgan fingerprint density at radius 3 is 3.23 bits per heavy atom. The zero-order chi connectivity index (χ0) is 9.31. The summed E-state index contributed by atoms with van der Waals surface area (Å²) in [6, 6.07) is 3.48. The van der Waals surface area contributed by atoms with Gasteiger partial charge in [-0.25, -0.2) is 0 Å². The average molecular weight is 181 g/mol. The molecule has 2 N–H and O–H groups in total. The van der Waals surface area contributed by atoms with Crippen LogP contribution in [-0.4, -0.2) is 28.4 Å². The van der Waals surface area contributed by atoms with Crippen LogP contribution >= 0.6 is 0 Å². The van der Waals surface area contributed by atoms with Crippen LogP contribution in [0, 0.1) is 0 Å². The SMILES string of the molecule is OC[C@]1(O)CCOc2cccnc21. The van der Waals surface area contributed by atoms with Crippen LogP contribution in [0.2, 0.25) is 0 Å². The number of aliphatic hydroxyl groups excluding tert-OH is 1. The first-order valence-corrected chi connectivity index (χ1v) is 4.18. The fourth-order valence-electron chi connectivity index (χ4n) is 1.46. The van der Waals surface area contributed by atoms with Gasteiger partial charge in [0, 0.05) is 12.6 Å². The first-order valence-electron chi connectivity index (χ1n) is 4.18. The molecule has 1 aliphatic rings. The molecule has 4 heteroatoms. The molecule has 1 atom stereocenters. The lowest BCUT2D eigenvalue weighted by molar-refractivity contribution is -0.0513. The van der Waals surface area contributed by atoms with Crippen LogP contribution in [0.4, 0.5) is 0 Å². The van der Waals surface area contributed by atoms with Gasteiger partial charge in [-0.1, -0.05) is 0 Å². The summed E-state index contributed by atoms with van der Waals surface area (Å²) in [7, 11) is 0. The van der Waals surface area contributed by atoms with Gasteiger partial charge in [-0.05, 0) is 12.1 Å². The molecule has 13 heavy (non-hydrogen) atoms. The molecule has 70 valence electrons. The van der Waals surface area contributed by atoms with Gasteiger partial charge in [0.1, 0.15) is 17.0 Å². The van der Waals surface area contributed by atoms with Gasteiger partial charge in [-0.2, -0.15) is 0 Å². The number of nitrogens with zero attached hydrogens (tertiary/aromatic N) is 1. The zero-order valence-electron chi connectivity index (χ0n) is 7.10. The summed E-state index contributed by atoms with van der Waals surface area (Å²) in [5.41, 5.74) is -0.793. The molecule has 0 saturated heterocycles. The molecule has 0 fully saturated rings. The molecule has 0 bridgehead atoms. The predicted octanol–water partition coefficient (Wildman–Crippen LogP) is 0.0440. The van der Waals surface area contributed by atoms with Crippen LogP contribution in [0.5, 0.6) is 5.75 Å². The van der Waals surface area contributed by atoms with E-state index in [1.54, 1.807) is 18.3 Å². The summed E-state index contributed by atoms with van der Waals surface area (Å²) >= 11 is 0. The average Bonchev–Trinajstić information content (AvgIpc) is 2.19. The summed E-state index contributed by atoms with van der Waals surface area (Å²) < 4.78 is 5.29. The normalized spacial score (nSPS) is 26.3.